The molecule has 11 heavy (non-hydrogen) atoms. The molecule has 0 fully saturated rings. The first-order chi connectivity index (χ1) is 5.34. The smallest absolute Gasteiger partial charge is 0.349 e. The van der Waals surface area contributed by atoms with E-state index in [1.165, 1.54) is 17.5 Å². The van der Waals surface area contributed by atoms with E-state index >= 15 is 0 Å². The monoisotopic (exact) mass is 171 g/mol. The molecule has 4 heteroatoms. The molecule has 0 radical (unpaired) electrons. The number of carbonyl (C=O) groups is 1. The summed E-state index contributed by atoms with van der Waals surface area (Å²) < 4.78 is 4.87. The minimum absolute atomic E-state index is 0.269. The standard InChI is InChI=1S/C7H9NO2S/c1-2-3-10-7(9)6-4-8-5-11-6/h4-5H,2-3H2,1H3. The highest BCUT2D eigenvalue weighted by Crippen LogP contribution is 2.06. The predicted molar refractivity (Wildman–Crippen MR) is 42.7 cm³/mol. The maximum absolute atomic E-state index is 11.0. The molecule has 0 amide bonds. The SMILES string of the molecule is CCCOC(=O)c1cncs1. The van der Waals surface area contributed by atoms with Gasteiger partial charge in [0.25, 0.3) is 0 Å². The fraction of sp³-hybridized carbons (Fsp3) is 0.429. The van der Waals surface area contributed by atoms with Gasteiger partial charge in [0.05, 0.1) is 18.3 Å². The van der Waals surface area contributed by atoms with E-state index in [2.05, 4.69) is 4.98 Å². The summed E-state index contributed by atoms with van der Waals surface area (Å²) >= 11 is 1.30. The van der Waals surface area contributed by atoms with Gasteiger partial charge in [0.1, 0.15) is 4.88 Å². The highest BCUT2D eigenvalue weighted by Gasteiger charge is 2.06. The molecule has 3 nitrogen and oxygen atoms in total. The van der Waals surface area contributed by atoms with E-state index in [1.54, 1.807) is 5.51 Å². The van der Waals surface area contributed by atoms with Gasteiger partial charge in [-0.3, -0.25) is 4.98 Å². The number of hydrogen-bond acceptors (Lipinski definition) is 4. The fourth-order valence-electron chi connectivity index (χ4n) is 0.582. The Bertz CT molecular complexity index is 220. The number of thiazole rings is 1. The Morgan fingerprint density at radius 3 is 3.18 bits per heavy atom. The van der Waals surface area contributed by atoms with Crippen LogP contribution in [0.25, 0.3) is 0 Å². The van der Waals surface area contributed by atoms with Crippen molar-refractivity contribution in [3.8, 4) is 0 Å². The minimum atomic E-state index is -0.269. The summed E-state index contributed by atoms with van der Waals surface area (Å²) in [7, 11) is 0. The predicted octanol–water partition coefficient (Wildman–Crippen LogP) is 1.71. The van der Waals surface area contributed by atoms with Crippen molar-refractivity contribution in [3.05, 3.63) is 16.6 Å². The maximum atomic E-state index is 11.0. The Kier molecular flexibility index (Phi) is 3.04. The molecule has 0 bridgehead atoms. The van der Waals surface area contributed by atoms with Gasteiger partial charge in [0.15, 0.2) is 0 Å². The molecule has 1 heterocycles. The average molecular weight is 171 g/mol. The van der Waals surface area contributed by atoms with Crippen LogP contribution in [0.4, 0.5) is 0 Å². The van der Waals surface area contributed by atoms with Crippen LogP contribution in [-0.2, 0) is 4.74 Å². The van der Waals surface area contributed by atoms with Crippen LogP contribution in [0.15, 0.2) is 11.7 Å². The Labute approximate surface area is 69.0 Å². The zero-order valence-corrected chi connectivity index (χ0v) is 7.06. The number of esters is 1. The first-order valence-corrected chi connectivity index (χ1v) is 4.28. The fourth-order valence-corrected chi connectivity index (χ4v) is 1.09. The summed E-state index contributed by atoms with van der Waals surface area (Å²) in [4.78, 5) is 15.3. The van der Waals surface area contributed by atoms with Crippen molar-refractivity contribution in [2.24, 2.45) is 0 Å². The number of hydrogen-bond donors (Lipinski definition) is 0. The van der Waals surface area contributed by atoms with Crippen LogP contribution < -0.4 is 0 Å². The van der Waals surface area contributed by atoms with Crippen molar-refractivity contribution in [3.63, 3.8) is 0 Å². The Morgan fingerprint density at radius 1 is 1.82 bits per heavy atom. The van der Waals surface area contributed by atoms with Gasteiger partial charge in [0.2, 0.25) is 0 Å². The van der Waals surface area contributed by atoms with Crippen LogP contribution in [0.1, 0.15) is 23.0 Å². The Hall–Kier alpha value is -0.900. The Morgan fingerprint density at radius 2 is 2.64 bits per heavy atom. The van der Waals surface area contributed by atoms with Gasteiger partial charge in [-0.1, -0.05) is 6.92 Å². The lowest BCUT2D eigenvalue weighted by atomic mass is 10.5. The molecule has 60 valence electrons. The summed E-state index contributed by atoms with van der Waals surface area (Å²) in [6, 6.07) is 0. The van der Waals surface area contributed by atoms with Crippen LogP contribution >= 0.6 is 11.3 Å². The molecule has 1 aromatic rings. The van der Waals surface area contributed by atoms with Crippen LogP contribution in [0, 0.1) is 0 Å². The van der Waals surface area contributed by atoms with Gasteiger partial charge in [0, 0.05) is 0 Å². The summed E-state index contributed by atoms with van der Waals surface area (Å²) in [5.41, 5.74) is 1.61. The lowest BCUT2D eigenvalue weighted by molar-refractivity contribution is 0.0510. The summed E-state index contributed by atoms with van der Waals surface area (Å²) in [5, 5.41) is 0. The molecule has 0 aromatic carbocycles. The number of ether oxygens (including phenoxy) is 1. The number of carbonyl (C=O) groups excluding carboxylic acids is 1. The lowest BCUT2D eigenvalue weighted by Crippen LogP contribution is -2.03. The molecule has 0 aliphatic rings. The van der Waals surface area contributed by atoms with E-state index in [4.69, 9.17) is 4.74 Å². The second-order valence-electron chi connectivity index (χ2n) is 2.00. The molecular formula is C7H9NO2S. The van der Waals surface area contributed by atoms with Crippen molar-refractivity contribution >= 4 is 17.3 Å². The van der Waals surface area contributed by atoms with Gasteiger partial charge in [-0.15, -0.1) is 11.3 Å². The maximum Gasteiger partial charge on any atom is 0.349 e. The second-order valence-corrected chi connectivity index (χ2v) is 2.89. The first kappa shape index (κ1) is 8.20. The quantitative estimate of drug-likeness (QED) is 0.650. The normalized spacial score (nSPS) is 9.55. The van der Waals surface area contributed by atoms with E-state index in [0.717, 1.165) is 6.42 Å². The first-order valence-electron chi connectivity index (χ1n) is 3.40. The molecular weight excluding hydrogens is 162 g/mol. The second kappa shape index (κ2) is 4.08. The van der Waals surface area contributed by atoms with Crippen molar-refractivity contribution in [2.45, 2.75) is 13.3 Å². The molecule has 0 aliphatic carbocycles. The summed E-state index contributed by atoms with van der Waals surface area (Å²) in [6.07, 6.45) is 2.37. The van der Waals surface area contributed by atoms with Crippen molar-refractivity contribution in [1.82, 2.24) is 4.98 Å². The molecule has 0 saturated carbocycles. The molecule has 0 N–H and O–H groups in total. The van der Waals surface area contributed by atoms with Crippen molar-refractivity contribution in [2.75, 3.05) is 6.61 Å². The lowest BCUT2D eigenvalue weighted by Gasteiger charge is -1.97. The molecule has 0 spiro atoms. The minimum Gasteiger partial charge on any atom is -0.461 e. The van der Waals surface area contributed by atoms with E-state index in [1.807, 2.05) is 6.92 Å². The van der Waals surface area contributed by atoms with Crippen LogP contribution in [0.2, 0.25) is 0 Å². The van der Waals surface area contributed by atoms with Crippen LogP contribution in [0.5, 0.6) is 0 Å². The summed E-state index contributed by atoms with van der Waals surface area (Å²) in [6.45, 7) is 2.44. The topological polar surface area (TPSA) is 39.2 Å². The molecule has 0 aliphatic heterocycles. The molecule has 0 unspecified atom stereocenters. The van der Waals surface area contributed by atoms with Crippen LogP contribution in [-0.4, -0.2) is 17.6 Å². The van der Waals surface area contributed by atoms with E-state index in [-0.39, 0.29) is 5.97 Å². The average Bonchev–Trinajstić information content (AvgIpc) is 2.52. The zero-order valence-electron chi connectivity index (χ0n) is 6.24. The number of nitrogens with zero attached hydrogens (tertiary/aromatic N) is 1. The largest absolute Gasteiger partial charge is 0.461 e. The number of aromatic nitrogens is 1. The third kappa shape index (κ3) is 2.31. The molecule has 1 rings (SSSR count). The third-order valence-electron chi connectivity index (χ3n) is 1.07. The van der Waals surface area contributed by atoms with Gasteiger partial charge in [-0.25, -0.2) is 4.79 Å². The van der Waals surface area contributed by atoms with E-state index in [9.17, 15) is 4.79 Å². The summed E-state index contributed by atoms with van der Waals surface area (Å²) in [5.74, 6) is -0.269. The highest BCUT2D eigenvalue weighted by molar-refractivity contribution is 7.11. The third-order valence-corrected chi connectivity index (χ3v) is 1.82. The van der Waals surface area contributed by atoms with Gasteiger partial charge >= 0.3 is 5.97 Å². The van der Waals surface area contributed by atoms with Crippen molar-refractivity contribution in [1.29, 1.82) is 0 Å². The van der Waals surface area contributed by atoms with Crippen LogP contribution in [0.3, 0.4) is 0 Å². The number of rotatable bonds is 3. The molecule has 0 saturated heterocycles. The van der Waals surface area contributed by atoms with Gasteiger partial charge < -0.3 is 4.74 Å². The Balaban J connectivity index is 2.43. The van der Waals surface area contributed by atoms with Gasteiger partial charge in [-0.2, -0.15) is 0 Å². The van der Waals surface area contributed by atoms with E-state index in [0.29, 0.717) is 11.5 Å². The van der Waals surface area contributed by atoms with Crippen molar-refractivity contribution < 1.29 is 9.53 Å². The molecule has 1 aromatic heterocycles. The van der Waals surface area contributed by atoms with Gasteiger partial charge in [-0.05, 0) is 6.42 Å². The van der Waals surface area contributed by atoms with E-state index < -0.39 is 0 Å². The zero-order chi connectivity index (χ0) is 8.10. The molecule has 0 atom stereocenters. The highest BCUT2D eigenvalue weighted by atomic mass is 32.1.